The molecular weight excluding hydrogens is 576 g/mol. The molecular formula is C40H64O6. The van der Waals surface area contributed by atoms with Gasteiger partial charge in [0, 0.05) is 6.42 Å². The highest BCUT2D eigenvalue weighted by atomic mass is 16.6. The molecule has 0 aromatic carbocycles. The fraction of sp³-hybridized carbons (Fsp3) is 0.625. The van der Waals surface area contributed by atoms with Crippen molar-refractivity contribution in [2.45, 2.75) is 149 Å². The van der Waals surface area contributed by atoms with E-state index in [0.29, 0.717) is 6.42 Å². The second-order valence-electron chi connectivity index (χ2n) is 11.4. The molecule has 1 atom stereocenters. The van der Waals surface area contributed by atoms with Crippen LogP contribution in [0.5, 0.6) is 0 Å². The lowest BCUT2D eigenvalue weighted by Crippen LogP contribution is -2.30. The van der Waals surface area contributed by atoms with Crippen molar-refractivity contribution in [2.24, 2.45) is 0 Å². The molecule has 0 aliphatic rings. The summed E-state index contributed by atoms with van der Waals surface area (Å²) in [6.07, 6.45) is 41.0. The SMILES string of the molecule is CC/C=C\C/C=C\C/C=C\CC(=O)OCC(COC(=O)CCCCCCCCCCCC)OC(=O)C/C=C\C/C=C\C/C=C\CC. The standard InChI is InChI=1S/C40H64O6/c1-4-7-10-13-16-19-22-24-27-30-33-39(42)45-36-37(46-40(43)34-31-28-25-21-18-15-12-9-6-3)35-44-38(41)32-29-26-23-20-17-14-11-8-5-2/h8-9,11-12,17-18,20-21,26,28-29,31,37H,4-7,10,13-16,19,22-25,27,30,32-36H2,1-3H3/b11-8-,12-9-,20-17-,21-18-,29-26-,31-28-. The molecule has 0 saturated heterocycles. The van der Waals surface area contributed by atoms with Gasteiger partial charge in [-0.05, 0) is 44.9 Å². The molecule has 1 unspecified atom stereocenters. The lowest BCUT2D eigenvalue weighted by molar-refractivity contribution is -0.166. The van der Waals surface area contributed by atoms with Crippen LogP contribution in [0.1, 0.15) is 143 Å². The predicted octanol–water partition coefficient (Wildman–Crippen LogP) is 10.8. The maximum Gasteiger partial charge on any atom is 0.310 e. The largest absolute Gasteiger partial charge is 0.462 e. The van der Waals surface area contributed by atoms with Gasteiger partial charge in [0.1, 0.15) is 13.2 Å². The van der Waals surface area contributed by atoms with Crippen molar-refractivity contribution >= 4 is 17.9 Å². The Labute approximate surface area is 281 Å². The van der Waals surface area contributed by atoms with Crippen molar-refractivity contribution in [2.75, 3.05) is 13.2 Å². The normalized spacial score (nSPS) is 12.8. The van der Waals surface area contributed by atoms with Gasteiger partial charge in [0.25, 0.3) is 0 Å². The molecule has 260 valence electrons. The maximum absolute atomic E-state index is 12.5. The number of esters is 3. The minimum absolute atomic E-state index is 0.0884. The molecule has 0 radical (unpaired) electrons. The van der Waals surface area contributed by atoms with E-state index >= 15 is 0 Å². The number of hydrogen-bond acceptors (Lipinski definition) is 6. The van der Waals surface area contributed by atoms with Crippen LogP contribution in [0, 0.1) is 0 Å². The minimum Gasteiger partial charge on any atom is -0.462 e. The van der Waals surface area contributed by atoms with Gasteiger partial charge in [-0.15, -0.1) is 0 Å². The summed E-state index contributed by atoms with van der Waals surface area (Å²) < 4.78 is 16.3. The van der Waals surface area contributed by atoms with Crippen LogP contribution in [0.4, 0.5) is 0 Å². The van der Waals surface area contributed by atoms with Crippen LogP contribution in [0.25, 0.3) is 0 Å². The quantitative estimate of drug-likeness (QED) is 0.0336. The van der Waals surface area contributed by atoms with Crippen molar-refractivity contribution in [3.05, 3.63) is 72.9 Å². The molecule has 0 bridgehead atoms. The molecule has 6 nitrogen and oxygen atoms in total. The summed E-state index contributed by atoms with van der Waals surface area (Å²) in [5.74, 6) is -1.21. The van der Waals surface area contributed by atoms with Gasteiger partial charge in [-0.1, -0.05) is 151 Å². The number of carbonyl (C=O) groups excluding carboxylic acids is 3. The van der Waals surface area contributed by atoms with Crippen LogP contribution in [-0.2, 0) is 28.6 Å². The zero-order valence-electron chi connectivity index (χ0n) is 29.3. The Kier molecular flexibility index (Phi) is 32.3. The summed E-state index contributed by atoms with van der Waals surface area (Å²) >= 11 is 0. The van der Waals surface area contributed by atoms with E-state index in [2.05, 4.69) is 63.3 Å². The topological polar surface area (TPSA) is 78.9 Å². The van der Waals surface area contributed by atoms with Crippen molar-refractivity contribution in [1.29, 1.82) is 0 Å². The van der Waals surface area contributed by atoms with Gasteiger partial charge < -0.3 is 14.2 Å². The highest BCUT2D eigenvalue weighted by molar-refractivity contribution is 5.72. The molecule has 0 saturated carbocycles. The number of carbonyl (C=O) groups is 3. The van der Waals surface area contributed by atoms with Gasteiger partial charge in [0.15, 0.2) is 6.10 Å². The Morgan fingerprint density at radius 1 is 0.457 bits per heavy atom. The molecule has 0 aromatic rings. The molecule has 6 heteroatoms. The number of unbranched alkanes of at least 4 members (excludes halogenated alkanes) is 9. The van der Waals surface area contributed by atoms with Crippen LogP contribution in [0.2, 0.25) is 0 Å². The van der Waals surface area contributed by atoms with Gasteiger partial charge in [-0.3, -0.25) is 14.4 Å². The van der Waals surface area contributed by atoms with Crippen molar-refractivity contribution in [3.8, 4) is 0 Å². The molecule has 0 amide bonds. The zero-order valence-corrected chi connectivity index (χ0v) is 29.3. The molecule has 46 heavy (non-hydrogen) atoms. The van der Waals surface area contributed by atoms with E-state index in [1.807, 2.05) is 18.2 Å². The smallest absolute Gasteiger partial charge is 0.310 e. The lowest BCUT2D eigenvalue weighted by Gasteiger charge is -2.17. The highest BCUT2D eigenvalue weighted by Gasteiger charge is 2.19. The van der Waals surface area contributed by atoms with E-state index in [0.717, 1.165) is 57.8 Å². The monoisotopic (exact) mass is 640 g/mol. The Morgan fingerprint density at radius 2 is 0.848 bits per heavy atom. The molecule has 0 aliphatic carbocycles. The van der Waals surface area contributed by atoms with E-state index < -0.39 is 18.0 Å². The van der Waals surface area contributed by atoms with E-state index in [4.69, 9.17) is 14.2 Å². The third-order valence-electron chi connectivity index (χ3n) is 7.02. The minimum atomic E-state index is -0.852. The second-order valence-corrected chi connectivity index (χ2v) is 11.4. The number of allylic oxidation sites excluding steroid dienone is 10. The van der Waals surface area contributed by atoms with Gasteiger partial charge in [0.05, 0.1) is 12.8 Å². The number of hydrogen-bond donors (Lipinski definition) is 0. The summed E-state index contributed by atoms with van der Waals surface area (Å²) in [6, 6.07) is 0. The second kappa shape index (κ2) is 34.7. The predicted molar refractivity (Wildman–Crippen MR) is 191 cm³/mol. The summed E-state index contributed by atoms with van der Waals surface area (Å²) in [5.41, 5.74) is 0. The Morgan fingerprint density at radius 3 is 1.33 bits per heavy atom. The van der Waals surface area contributed by atoms with Crippen molar-refractivity contribution in [1.82, 2.24) is 0 Å². The third-order valence-corrected chi connectivity index (χ3v) is 7.02. The number of rotatable bonds is 30. The van der Waals surface area contributed by atoms with Gasteiger partial charge >= 0.3 is 17.9 Å². The first kappa shape index (κ1) is 42.9. The molecule has 0 heterocycles. The molecule has 0 fully saturated rings. The van der Waals surface area contributed by atoms with Crippen LogP contribution in [-0.4, -0.2) is 37.2 Å². The van der Waals surface area contributed by atoms with E-state index in [1.165, 1.54) is 44.9 Å². The van der Waals surface area contributed by atoms with Gasteiger partial charge in [0.2, 0.25) is 0 Å². The maximum atomic E-state index is 12.5. The summed E-state index contributed by atoms with van der Waals surface area (Å²) in [5, 5.41) is 0. The summed E-state index contributed by atoms with van der Waals surface area (Å²) in [4.78, 5) is 37.1. The van der Waals surface area contributed by atoms with Crippen molar-refractivity contribution < 1.29 is 28.6 Å². The van der Waals surface area contributed by atoms with Crippen LogP contribution in [0.15, 0.2) is 72.9 Å². The molecule has 0 aromatic heterocycles. The lowest BCUT2D eigenvalue weighted by atomic mass is 10.1. The average Bonchev–Trinajstić information content (AvgIpc) is 3.05. The fourth-order valence-corrected chi connectivity index (χ4v) is 4.39. The first-order chi connectivity index (χ1) is 22.5. The molecule has 0 aliphatic heterocycles. The zero-order chi connectivity index (χ0) is 33.8. The third kappa shape index (κ3) is 32.2. The summed E-state index contributed by atoms with van der Waals surface area (Å²) in [7, 11) is 0. The van der Waals surface area contributed by atoms with Crippen LogP contribution >= 0.6 is 0 Å². The fourth-order valence-electron chi connectivity index (χ4n) is 4.39. The van der Waals surface area contributed by atoms with Crippen molar-refractivity contribution in [3.63, 3.8) is 0 Å². The Hall–Kier alpha value is -3.15. The van der Waals surface area contributed by atoms with Crippen LogP contribution < -0.4 is 0 Å². The average molecular weight is 641 g/mol. The Balaban J connectivity index is 4.59. The van der Waals surface area contributed by atoms with Crippen LogP contribution in [0.3, 0.4) is 0 Å². The van der Waals surface area contributed by atoms with Gasteiger partial charge in [-0.25, -0.2) is 0 Å². The number of ether oxygens (including phenoxy) is 3. The molecule has 0 rings (SSSR count). The van der Waals surface area contributed by atoms with E-state index in [9.17, 15) is 14.4 Å². The Bertz CT molecular complexity index is 924. The van der Waals surface area contributed by atoms with Gasteiger partial charge in [-0.2, -0.15) is 0 Å². The van der Waals surface area contributed by atoms with E-state index in [1.54, 1.807) is 12.2 Å². The highest BCUT2D eigenvalue weighted by Crippen LogP contribution is 2.12. The molecule has 0 spiro atoms. The summed E-state index contributed by atoms with van der Waals surface area (Å²) in [6.45, 7) is 6.14. The first-order valence-corrected chi connectivity index (χ1v) is 17.9. The van der Waals surface area contributed by atoms with E-state index in [-0.39, 0.29) is 32.0 Å². The molecule has 0 N–H and O–H groups in total. The first-order valence-electron chi connectivity index (χ1n) is 17.9.